The topological polar surface area (TPSA) is 65.4 Å². The Kier molecular flexibility index (Phi) is 5.55. The number of carbonyl (C=O) groups is 1. The second kappa shape index (κ2) is 6.95. The van der Waals surface area contributed by atoms with Crippen LogP contribution in [-0.4, -0.2) is 36.8 Å². The van der Waals surface area contributed by atoms with E-state index < -0.39 is 12.4 Å². The van der Waals surface area contributed by atoms with E-state index in [4.69, 9.17) is 5.26 Å². The van der Waals surface area contributed by atoms with Crippen molar-refractivity contribution < 1.29 is 22.7 Å². The average molecular weight is 301 g/mol. The summed E-state index contributed by atoms with van der Waals surface area (Å²) < 4.78 is 39.7. The van der Waals surface area contributed by atoms with Gasteiger partial charge in [0, 0.05) is 5.69 Å². The number of anilines is 1. The van der Waals surface area contributed by atoms with Crippen molar-refractivity contribution in [3.63, 3.8) is 0 Å². The van der Waals surface area contributed by atoms with Gasteiger partial charge in [0.05, 0.1) is 18.7 Å². The molecule has 0 radical (unpaired) electrons. The molecule has 114 valence electrons. The zero-order valence-electron chi connectivity index (χ0n) is 11.4. The molecule has 1 N–H and O–H groups in total. The SMILES string of the molecule is C[C@H](C#N)N(C)CC(=O)Nc1ccc(OC(F)(F)F)cc1. The zero-order valence-corrected chi connectivity index (χ0v) is 11.4. The molecule has 5 nitrogen and oxygen atoms in total. The normalized spacial score (nSPS) is 12.6. The maximum atomic E-state index is 12.0. The van der Waals surface area contributed by atoms with Gasteiger partial charge in [-0.2, -0.15) is 5.26 Å². The van der Waals surface area contributed by atoms with Crippen molar-refractivity contribution in [3.8, 4) is 11.8 Å². The lowest BCUT2D eigenvalue weighted by Gasteiger charge is -2.18. The summed E-state index contributed by atoms with van der Waals surface area (Å²) in [5.74, 6) is -0.736. The van der Waals surface area contributed by atoms with E-state index in [0.717, 1.165) is 12.1 Å². The summed E-state index contributed by atoms with van der Waals surface area (Å²) in [6, 6.07) is 6.37. The fourth-order valence-electron chi connectivity index (χ4n) is 1.40. The molecule has 1 rings (SSSR count). The first-order valence-electron chi connectivity index (χ1n) is 5.97. The molecule has 0 heterocycles. The first-order valence-corrected chi connectivity index (χ1v) is 5.97. The standard InChI is InChI=1S/C13H14F3N3O2/c1-9(7-17)19(2)8-12(20)18-10-3-5-11(6-4-10)21-13(14,15)16/h3-6,9H,8H2,1-2H3,(H,18,20)/t9-/m1/s1. The van der Waals surface area contributed by atoms with Crippen LogP contribution >= 0.6 is 0 Å². The number of benzene rings is 1. The third-order valence-electron chi connectivity index (χ3n) is 2.61. The lowest BCUT2D eigenvalue weighted by Crippen LogP contribution is -2.35. The van der Waals surface area contributed by atoms with Gasteiger partial charge < -0.3 is 10.1 Å². The fourth-order valence-corrected chi connectivity index (χ4v) is 1.40. The molecule has 0 saturated carbocycles. The van der Waals surface area contributed by atoms with E-state index in [1.165, 1.54) is 17.0 Å². The van der Waals surface area contributed by atoms with Crippen LogP contribution in [0.3, 0.4) is 0 Å². The van der Waals surface area contributed by atoms with Gasteiger partial charge in [-0.05, 0) is 38.2 Å². The Labute approximate surface area is 119 Å². The first-order chi connectivity index (χ1) is 9.71. The Hall–Kier alpha value is -2.27. The van der Waals surface area contributed by atoms with E-state index >= 15 is 0 Å². The number of nitriles is 1. The minimum absolute atomic E-state index is 0.00444. The molecule has 0 aliphatic heterocycles. The molecule has 0 unspecified atom stereocenters. The summed E-state index contributed by atoms with van der Waals surface area (Å²) in [5, 5.41) is 11.2. The number of ether oxygens (including phenoxy) is 1. The summed E-state index contributed by atoms with van der Waals surface area (Å²) in [6.07, 6.45) is -4.75. The van der Waals surface area contributed by atoms with Gasteiger partial charge in [0.25, 0.3) is 0 Å². The van der Waals surface area contributed by atoms with Gasteiger partial charge in [0.1, 0.15) is 5.75 Å². The number of alkyl halides is 3. The summed E-state index contributed by atoms with van der Waals surface area (Å²) >= 11 is 0. The van der Waals surface area contributed by atoms with Crippen LogP contribution < -0.4 is 10.1 Å². The van der Waals surface area contributed by atoms with Crippen LogP contribution in [-0.2, 0) is 4.79 Å². The molecule has 21 heavy (non-hydrogen) atoms. The Bertz CT molecular complexity index is 523. The maximum Gasteiger partial charge on any atom is 0.573 e. The van der Waals surface area contributed by atoms with E-state index in [9.17, 15) is 18.0 Å². The number of halogens is 3. The van der Waals surface area contributed by atoms with Crippen molar-refractivity contribution in [3.05, 3.63) is 24.3 Å². The van der Waals surface area contributed by atoms with Crippen molar-refractivity contribution in [2.75, 3.05) is 18.9 Å². The highest BCUT2D eigenvalue weighted by atomic mass is 19.4. The second-order valence-corrected chi connectivity index (χ2v) is 4.34. The third-order valence-corrected chi connectivity index (χ3v) is 2.61. The molecule has 1 aromatic rings. The van der Waals surface area contributed by atoms with Crippen LogP contribution in [0.2, 0.25) is 0 Å². The van der Waals surface area contributed by atoms with Crippen LogP contribution in [0.15, 0.2) is 24.3 Å². The van der Waals surface area contributed by atoms with Crippen molar-refractivity contribution in [1.82, 2.24) is 4.90 Å². The van der Waals surface area contributed by atoms with Crippen molar-refractivity contribution >= 4 is 11.6 Å². The van der Waals surface area contributed by atoms with Gasteiger partial charge in [-0.3, -0.25) is 9.69 Å². The number of amides is 1. The molecule has 0 fully saturated rings. The quantitative estimate of drug-likeness (QED) is 0.906. The van der Waals surface area contributed by atoms with Crippen LogP contribution in [0.1, 0.15) is 6.92 Å². The largest absolute Gasteiger partial charge is 0.573 e. The molecule has 1 atom stereocenters. The molecule has 8 heteroatoms. The molecule has 0 aliphatic carbocycles. The van der Waals surface area contributed by atoms with Crippen molar-refractivity contribution in [2.24, 2.45) is 0 Å². The van der Waals surface area contributed by atoms with E-state index in [-0.39, 0.29) is 18.2 Å². The van der Waals surface area contributed by atoms with Crippen LogP contribution in [0.25, 0.3) is 0 Å². The molecular weight excluding hydrogens is 287 g/mol. The van der Waals surface area contributed by atoms with Gasteiger partial charge in [-0.1, -0.05) is 0 Å². The number of rotatable bonds is 5. The van der Waals surface area contributed by atoms with Gasteiger partial charge >= 0.3 is 6.36 Å². The van der Waals surface area contributed by atoms with E-state index in [1.54, 1.807) is 14.0 Å². The summed E-state index contributed by atoms with van der Waals surface area (Å²) in [7, 11) is 1.62. The number of hydrogen-bond donors (Lipinski definition) is 1. The van der Waals surface area contributed by atoms with Gasteiger partial charge in [0.2, 0.25) is 5.91 Å². The second-order valence-electron chi connectivity index (χ2n) is 4.34. The van der Waals surface area contributed by atoms with E-state index in [0.29, 0.717) is 5.69 Å². The zero-order chi connectivity index (χ0) is 16.0. The lowest BCUT2D eigenvalue weighted by atomic mass is 10.3. The number of nitrogens with one attached hydrogen (secondary N) is 1. The maximum absolute atomic E-state index is 12.0. The average Bonchev–Trinajstić information content (AvgIpc) is 2.38. The van der Waals surface area contributed by atoms with Crippen molar-refractivity contribution in [1.29, 1.82) is 5.26 Å². The summed E-state index contributed by atoms with van der Waals surface area (Å²) in [5.41, 5.74) is 0.340. The van der Waals surface area contributed by atoms with Gasteiger partial charge in [-0.25, -0.2) is 0 Å². The number of hydrogen-bond acceptors (Lipinski definition) is 4. The van der Waals surface area contributed by atoms with E-state index in [2.05, 4.69) is 10.1 Å². The molecule has 0 bridgehead atoms. The minimum Gasteiger partial charge on any atom is -0.406 e. The fraction of sp³-hybridized carbons (Fsp3) is 0.385. The van der Waals surface area contributed by atoms with Crippen molar-refractivity contribution in [2.45, 2.75) is 19.3 Å². The molecule has 0 saturated heterocycles. The molecule has 1 amide bonds. The smallest absolute Gasteiger partial charge is 0.406 e. The summed E-state index contributed by atoms with van der Waals surface area (Å²) in [4.78, 5) is 13.2. The number of nitrogens with zero attached hydrogens (tertiary/aromatic N) is 2. The Morgan fingerprint density at radius 3 is 2.48 bits per heavy atom. The molecular formula is C13H14F3N3O2. The Balaban J connectivity index is 2.56. The number of likely N-dealkylation sites (N-methyl/N-ethyl adjacent to an activating group) is 1. The Morgan fingerprint density at radius 2 is 2.00 bits per heavy atom. The van der Waals surface area contributed by atoms with Crippen LogP contribution in [0, 0.1) is 11.3 Å². The first kappa shape index (κ1) is 16.8. The molecule has 0 aromatic heterocycles. The molecule has 1 aromatic carbocycles. The predicted octanol–water partition coefficient (Wildman–Crippen LogP) is 2.37. The van der Waals surface area contributed by atoms with Crippen LogP contribution in [0.4, 0.5) is 18.9 Å². The van der Waals surface area contributed by atoms with Crippen LogP contribution in [0.5, 0.6) is 5.75 Å². The molecule has 0 spiro atoms. The highest BCUT2D eigenvalue weighted by molar-refractivity contribution is 5.92. The highest BCUT2D eigenvalue weighted by Crippen LogP contribution is 2.23. The highest BCUT2D eigenvalue weighted by Gasteiger charge is 2.30. The number of carbonyl (C=O) groups excluding carboxylic acids is 1. The molecule has 0 aliphatic rings. The minimum atomic E-state index is -4.75. The summed E-state index contributed by atoms with van der Waals surface area (Å²) in [6.45, 7) is 1.64. The van der Waals surface area contributed by atoms with Gasteiger partial charge in [0.15, 0.2) is 0 Å². The van der Waals surface area contributed by atoms with E-state index in [1.807, 2.05) is 6.07 Å². The van der Waals surface area contributed by atoms with Gasteiger partial charge in [-0.15, -0.1) is 13.2 Å². The predicted molar refractivity (Wildman–Crippen MR) is 69.5 cm³/mol. The third kappa shape index (κ3) is 6.14. The lowest BCUT2D eigenvalue weighted by molar-refractivity contribution is -0.274. The monoisotopic (exact) mass is 301 g/mol. The Morgan fingerprint density at radius 1 is 1.43 bits per heavy atom.